The lowest BCUT2D eigenvalue weighted by atomic mass is 9.75. The lowest BCUT2D eigenvalue weighted by Crippen LogP contribution is -2.54. The first-order valence-electron chi connectivity index (χ1n) is 7.35. The second-order valence-corrected chi connectivity index (χ2v) is 6.00. The number of pyridine rings is 1. The van der Waals surface area contributed by atoms with Crippen LogP contribution in [0.1, 0.15) is 24.8 Å². The van der Waals surface area contributed by atoms with Crippen LogP contribution in [0.2, 0.25) is 0 Å². The Morgan fingerprint density at radius 3 is 2.71 bits per heavy atom. The van der Waals surface area contributed by atoms with Crippen LogP contribution >= 0.6 is 0 Å². The van der Waals surface area contributed by atoms with Gasteiger partial charge in [-0.2, -0.15) is 5.26 Å². The molecule has 2 aromatic rings. The zero-order chi connectivity index (χ0) is 14.9. The fraction of sp³-hybridized carbons (Fsp3) is 0.412. The van der Waals surface area contributed by atoms with E-state index in [9.17, 15) is 5.26 Å². The molecule has 1 heterocycles. The van der Waals surface area contributed by atoms with Gasteiger partial charge in [0.25, 0.3) is 0 Å². The number of rotatable bonds is 4. The largest absolute Gasteiger partial charge is 0.382 e. The van der Waals surface area contributed by atoms with E-state index in [0.29, 0.717) is 5.56 Å². The molecule has 1 fully saturated rings. The lowest BCUT2D eigenvalue weighted by Gasteiger charge is -2.47. The van der Waals surface area contributed by atoms with Crippen LogP contribution in [0.25, 0.3) is 10.9 Å². The highest BCUT2D eigenvalue weighted by Crippen LogP contribution is 2.37. The van der Waals surface area contributed by atoms with Gasteiger partial charge in [0.15, 0.2) is 0 Å². The molecular weight excluding hydrogens is 260 g/mol. The standard InChI is InChI=1S/C17H20N4/c1-21(2)17(8-5-9-17)12-20-16-13(10-18)11-19-15-7-4-3-6-14(15)16/h3-4,6-7,11H,5,8-9,12H2,1-2H3,(H,19,20). The predicted octanol–water partition coefficient (Wildman–Crippen LogP) is 3.00. The van der Waals surface area contributed by atoms with Gasteiger partial charge in [-0.25, -0.2) is 0 Å². The molecule has 4 heteroatoms. The van der Waals surface area contributed by atoms with Crippen LogP contribution in [0.15, 0.2) is 30.5 Å². The molecule has 0 radical (unpaired) electrons. The molecule has 0 spiro atoms. The number of hydrogen-bond acceptors (Lipinski definition) is 4. The molecule has 0 saturated heterocycles. The zero-order valence-corrected chi connectivity index (χ0v) is 12.6. The molecule has 0 aliphatic heterocycles. The maximum Gasteiger partial charge on any atom is 0.103 e. The molecular formula is C17H20N4. The summed E-state index contributed by atoms with van der Waals surface area (Å²) < 4.78 is 0. The normalized spacial score (nSPS) is 16.5. The van der Waals surface area contributed by atoms with Gasteiger partial charge in [-0.1, -0.05) is 18.2 Å². The van der Waals surface area contributed by atoms with Crippen LogP contribution in [0, 0.1) is 11.3 Å². The maximum atomic E-state index is 9.35. The number of anilines is 1. The number of nitrogens with zero attached hydrogens (tertiary/aromatic N) is 3. The van der Waals surface area contributed by atoms with Crippen molar-refractivity contribution in [1.29, 1.82) is 5.26 Å². The van der Waals surface area contributed by atoms with Crippen molar-refractivity contribution >= 4 is 16.6 Å². The molecule has 1 N–H and O–H groups in total. The van der Waals surface area contributed by atoms with Gasteiger partial charge in [0.05, 0.1) is 16.8 Å². The summed E-state index contributed by atoms with van der Waals surface area (Å²) in [5.74, 6) is 0. The number of hydrogen-bond donors (Lipinski definition) is 1. The maximum absolute atomic E-state index is 9.35. The molecule has 1 saturated carbocycles. The topological polar surface area (TPSA) is 52.0 Å². The monoisotopic (exact) mass is 280 g/mol. The van der Waals surface area contributed by atoms with Crippen LogP contribution in [-0.4, -0.2) is 36.1 Å². The van der Waals surface area contributed by atoms with Gasteiger partial charge in [-0.15, -0.1) is 0 Å². The van der Waals surface area contributed by atoms with E-state index in [-0.39, 0.29) is 5.54 Å². The van der Waals surface area contributed by atoms with Crippen molar-refractivity contribution in [3.63, 3.8) is 0 Å². The van der Waals surface area contributed by atoms with E-state index in [0.717, 1.165) is 23.1 Å². The van der Waals surface area contributed by atoms with Crippen molar-refractivity contribution in [2.45, 2.75) is 24.8 Å². The summed E-state index contributed by atoms with van der Waals surface area (Å²) in [7, 11) is 4.27. The number of likely N-dealkylation sites (N-methyl/N-ethyl adjacent to an activating group) is 1. The minimum atomic E-state index is 0.219. The second-order valence-electron chi connectivity index (χ2n) is 6.00. The SMILES string of the molecule is CN(C)C1(CNc2c(C#N)cnc3ccccc23)CCC1. The van der Waals surface area contributed by atoms with Gasteiger partial charge >= 0.3 is 0 Å². The summed E-state index contributed by atoms with van der Waals surface area (Å²) in [5, 5.41) is 13.9. The van der Waals surface area contributed by atoms with Crippen LogP contribution in [0.3, 0.4) is 0 Å². The Labute approximate surface area is 125 Å². The van der Waals surface area contributed by atoms with Gasteiger partial charge < -0.3 is 10.2 Å². The molecule has 1 aliphatic rings. The molecule has 3 rings (SSSR count). The quantitative estimate of drug-likeness (QED) is 0.935. The minimum absolute atomic E-state index is 0.219. The number of nitrogens with one attached hydrogen (secondary N) is 1. The summed E-state index contributed by atoms with van der Waals surface area (Å²) in [6.07, 6.45) is 5.35. The summed E-state index contributed by atoms with van der Waals surface area (Å²) in [4.78, 5) is 6.66. The Morgan fingerprint density at radius 1 is 1.33 bits per heavy atom. The van der Waals surface area contributed by atoms with Crippen LogP contribution in [0.5, 0.6) is 0 Å². The summed E-state index contributed by atoms with van der Waals surface area (Å²) in [6, 6.07) is 10.2. The molecule has 0 bridgehead atoms. The molecule has 0 amide bonds. The highest BCUT2D eigenvalue weighted by molar-refractivity contribution is 5.93. The van der Waals surface area contributed by atoms with Crippen molar-refractivity contribution in [3.8, 4) is 6.07 Å². The zero-order valence-electron chi connectivity index (χ0n) is 12.6. The van der Waals surface area contributed by atoms with E-state index >= 15 is 0 Å². The average Bonchev–Trinajstić information content (AvgIpc) is 2.45. The Hall–Kier alpha value is -2.12. The molecule has 108 valence electrons. The Bertz CT molecular complexity index is 695. The lowest BCUT2D eigenvalue weighted by molar-refractivity contribution is 0.0739. The van der Waals surface area contributed by atoms with E-state index in [1.54, 1.807) is 6.20 Å². The fourth-order valence-electron chi connectivity index (χ4n) is 3.04. The second kappa shape index (κ2) is 5.34. The molecule has 1 aliphatic carbocycles. The van der Waals surface area contributed by atoms with Crippen LogP contribution in [-0.2, 0) is 0 Å². The third-order valence-electron chi connectivity index (χ3n) is 4.72. The molecule has 0 atom stereocenters. The third kappa shape index (κ3) is 2.34. The highest BCUT2D eigenvalue weighted by atomic mass is 15.2. The van der Waals surface area contributed by atoms with E-state index < -0.39 is 0 Å². The Balaban J connectivity index is 1.94. The summed E-state index contributed by atoms with van der Waals surface area (Å²) in [6.45, 7) is 0.864. The van der Waals surface area contributed by atoms with Crippen molar-refractivity contribution in [2.75, 3.05) is 26.0 Å². The van der Waals surface area contributed by atoms with Crippen LogP contribution < -0.4 is 5.32 Å². The average molecular weight is 280 g/mol. The van der Waals surface area contributed by atoms with E-state index in [1.807, 2.05) is 24.3 Å². The van der Waals surface area contributed by atoms with Crippen molar-refractivity contribution < 1.29 is 0 Å². The summed E-state index contributed by atoms with van der Waals surface area (Å²) >= 11 is 0. The van der Waals surface area contributed by atoms with Gasteiger partial charge in [-0.05, 0) is 39.4 Å². The number of benzene rings is 1. The van der Waals surface area contributed by atoms with Gasteiger partial charge in [-0.3, -0.25) is 4.98 Å². The smallest absolute Gasteiger partial charge is 0.103 e. The number of fused-ring (bicyclic) bond motifs is 1. The van der Waals surface area contributed by atoms with Crippen molar-refractivity contribution in [2.24, 2.45) is 0 Å². The van der Waals surface area contributed by atoms with E-state index in [2.05, 4.69) is 35.4 Å². The van der Waals surface area contributed by atoms with Gasteiger partial charge in [0.2, 0.25) is 0 Å². The van der Waals surface area contributed by atoms with Gasteiger partial charge in [0, 0.05) is 23.7 Å². The summed E-state index contributed by atoms with van der Waals surface area (Å²) in [5.41, 5.74) is 2.67. The van der Waals surface area contributed by atoms with Crippen molar-refractivity contribution in [1.82, 2.24) is 9.88 Å². The first-order valence-corrected chi connectivity index (χ1v) is 7.35. The van der Waals surface area contributed by atoms with Crippen LogP contribution in [0.4, 0.5) is 5.69 Å². The molecule has 21 heavy (non-hydrogen) atoms. The van der Waals surface area contributed by atoms with Gasteiger partial charge in [0.1, 0.15) is 6.07 Å². The Kier molecular flexibility index (Phi) is 3.52. The molecule has 1 aromatic heterocycles. The highest BCUT2D eigenvalue weighted by Gasteiger charge is 2.38. The first kappa shape index (κ1) is 13.8. The molecule has 4 nitrogen and oxygen atoms in total. The number of aromatic nitrogens is 1. The number of nitriles is 1. The van der Waals surface area contributed by atoms with Crippen molar-refractivity contribution in [3.05, 3.63) is 36.0 Å². The minimum Gasteiger partial charge on any atom is -0.382 e. The molecule has 1 aromatic carbocycles. The fourth-order valence-corrected chi connectivity index (χ4v) is 3.04. The number of para-hydroxylation sites is 1. The van der Waals surface area contributed by atoms with E-state index in [4.69, 9.17) is 0 Å². The molecule has 0 unspecified atom stereocenters. The predicted molar refractivity (Wildman–Crippen MR) is 85.2 cm³/mol. The van der Waals surface area contributed by atoms with E-state index in [1.165, 1.54) is 19.3 Å². The third-order valence-corrected chi connectivity index (χ3v) is 4.72. The first-order chi connectivity index (χ1) is 10.2. The Morgan fingerprint density at radius 2 is 2.10 bits per heavy atom.